The lowest BCUT2D eigenvalue weighted by molar-refractivity contribution is -0.107. The SMILES string of the molecule is O=CCCc1ccc(CCCO)cc1. The first-order valence-electron chi connectivity index (χ1n) is 4.99. The molecule has 14 heavy (non-hydrogen) atoms. The molecule has 2 nitrogen and oxygen atoms in total. The zero-order valence-corrected chi connectivity index (χ0v) is 8.28. The van der Waals surface area contributed by atoms with Crippen molar-refractivity contribution >= 4 is 6.29 Å². The van der Waals surface area contributed by atoms with Crippen molar-refractivity contribution < 1.29 is 9.90 Å². The van der Waals surface area contributed by atoms with E-state index in [0.717, 1.165) is 25.5 Å². The zero-order valence-electron chi connectivity index (χ0n) is 8.28. The second-order valence-corrected chi connectivity index (χ2v) is 3.35. The van der Waals surface area contributed by atoms with E-state index < -0.39 is 0 Å². The molecule has 0 saturated heterocycles. The van der Waals surface area contributed by atoms with Crippen LogP contribution in [0.3, 0.4) is 0 Å². The topological polar surface area (TPSA) is 37.3 Å². The van der Waals surface area contributed by atoms with E-state index in [1.54, 1.807) is 0 Å². The van der Waals surface area contributed by atoms with Crippen molar-refractivity contribution in [3.05, 3.63) is 35.4 Å². The molecule has 1 N–H and O–H groups in total. The van der Waals surface area contributed by atoms with Crippen LogP contribution in [0.5, 0.6) is 0 Å². The average Bonchev–Trinajstić information content (AvgIpc) is 2.25. The molecular formula is C12H16O2. The Morgan fingerprint density at radius 2 is 1.64 bits per heavy atom. The third-order valence-electron chi connectivity index (χ3n) is 2.20. The van der Waals surface area contributed by atoms with E-state index >= 15 is 0 Å². The summed E-state index contributed by atoms with van der Waals surface area (Å²) in [6, 6.07) is 8.23. The lowest BCUT2D eigenvalue weighted by atomic mass is 10.1. The zero-order chi connectivity index (χ0) is 10.2. The molecule has 0 fully saturated rings. The lowest BCUT2D eigenvalue weighted by Gasteiger charge is -2.01. The molecule has 2 heteroatoms. The van der Waals surface area contributed by atoms with Crippen molar-refractivity contribution in [1.29, 1.82) is 0 Å². The second-order valence-electron chi connectivity index (χ2n) is 3.35. The Bertz CT molecular complexity index is 264. The maximum atomic E-state index is 10.2. The first kappa shape index (κ1) is 10.9. The molecule has 0 saturated carbocycles. The van der Waals surface area contributed by atoms with Crippen molar-refractivity contribution in [2.75, 3.05) is 6.61 Å². The Hall–Kier alpha value is -1.15. The standard InChI is InChI=1S/C12H16O2/c13-9-1-3-11-5-7-12(8-6-11)4-2-10-14/h5-9,14H,1-4,10H2. The molecule has 0 radical (unpaired) electrons. The maximum Gasteiger partial charge on any atom is 0.120 e. The minimum absolute atomic E-state index is 0.243. The van der Waals surface area contributed by atoms with Crippen LogP contribution in [0.4, 0.5) is 0 Å². The third-order valence-corrected chi connectivity index (χ3v) is 2.20. The molecule has 0 aromatic heterocycles. The van der Waals surface area contributed by atoms with Crippen molar-refractivity contribution in [3.63, 3.8) is 0 Å². The van der Waals surface area contributed by atoms with Crippen molar-refractivity contribution in [1.82, 2.24) is 0 Å². The number of rotatable bonds is 6. The van der Waals surface area contributed by atoms with Gasteiger partial charge in [-0.25, -0.2) is 0 Å². The van der Waals surface area contributed by atoms with Crippen LogP contribution in [0, 0.1) is 0 Å². The lowest BCUT2D eigenvalue weighted by Crippen LogP contribution is -1.91. The van der Waals surface area contributed by atoms with E-state index in [9.17, 15) is 4.79 Å². The van der Waals surface area contributed by atoms with Crippen LogP contribution in [0.15, 0.2) is 24.3 Å². The second kappa shape index (κ2) is 6.33. The summed E-state index contributed by atoms with van der Waals surface area (Å²) in [6.45, 7) is 0.243. The maximum absolute atomic E-state index is 10.2. The van der Waals surface area contributed by atoms with E-state index in [1.807, 2.05) is 0 Å². The summed E-state index contributed by atoms with van der Waals surface area (Å²) in [5.41, 5.74) is 2.44. The van der Waals surface area contributed by atoms with Gasteiger partial charge < -0.3 is 9.90 Å². The van der Waals surface area contributed by atoms with Gasteiger partial charge in [0.2, 0.25) is 0 Å². The molecule has 0 heterocycles. The molecule has 76 valence electrons. The number of aryl methyl sites for hydroxylation is 2. The monoisotopic (exact) mass is 192 g/mol. The van der Waals surface area contributed by atoms with Crippen molar-refractivity contribution in [3.8, 4) is 0 Å². The Morgan fingerprint density at radius 3 is 2.14 bits per heavy atom. The van der Waals surface area contributed by atoms with Gasteiger partial charge in [-0.1, -0.05) is 24.3 Å². The molecule has 0 unspecified atom stereocenters. The number of aliphatic hydroxyl groups is 1. The van der Waals surface area contributed by atoms with Gasteiger partial charge >= 0.3 is 0 Å². The quantitative estimate of drug-likeness (QED) is 0.697. The van der Waals surface area contributed by atoms with E-state index in [2.05, 4.69) is 24.3 Å². The highest BCUT2D eigenvalue weighted by atomic mass is 16.2. The number of aldehydes is 1. The van der Waals surface area contributed by atoms with Gasteiger partial charge in [0.05, 0.1) is 0 Å². The summed E-state index contributed by atoms with van der Waals surface area (Å²) in [5.74, 6) is 0. The summed E-state index contributed by atoms with van der Waals surface area (Å²) in [6.07, 6.45) is 4.09. The Labute approximate surface area is 84.6 Å². The number of aliphatic hydroxyl groups excluding tert-OH is 1. The number of hydrogen-bond donors (Lipinski definition) is 1. The van der Waals surface area contributed by atoms with Crippen LogP contribution in [0.1, 0.15) is 24.0 Å². The predicted octanol–water partition coefficient (Wildman–Crippen LogP) is 1.74. The minimum Gasteiger partial charge on any atom is -0.396 e. The fraction of sp³-hybridized carbons (Fsp3) is 0.417. The van der Waals surface area contributed by atoms with Crippen LogP contribution in [0.25, 0.3) is 0 Å². The summed E-state index contributed by atoms with van der Waals surface area (Å²) >= 11 is 0. The first-order valence-corrected chi connectivity index (χ1v) is 4.99. The van der Waals surface area contributed by atoms with Crippen LogP contribution in [-0.4, -0.2) is 18.0 Å². The van der Waals surface area contributed by atoms with Gasteiger partial charge in [0, 0.05) is 13.0 Å². The van der Waals surface area contributed by atoms with Crippen molar-refractivity contribution in [2.45, 2.75) is 25.7 Å². The van der Waals surface area contributed by atoms with Gasteiger partial charge in [0.1, 0.15) is 6.29 Å². The minimum atomic E-state index is 0.243. The molecule has 0 bridgehead atoms. The number of carbonyl (C=O) groups is 1. The van der Waals surface area contributed by atoms with Crippen LogP contribution < -0.4 is 0 Å². The number of carbonyl (C=O) groups excluding carboxylic acids is 1. The van der Waals surface area contributed by atoms with Gasteiger partial charge in [-0.3, -0.25) is 0 Å². The first-order chi connectivity index (χ1) is 6.86. The van der Waals surface area contributed by atoms with Crippen LogP contribution >= 0.6 is 0 Å². The molecule has 0 aliphatic rings. The molecule has 0 aliphatic carbocycles. The Kier molecular flexibility index (Phi) is 4.94. The summed E-state index contributed by atoms with van der Waals surface area (Å²) in [4.78, 5) is 10.2. The van der Waals surface area contributed by atoms with E-state index in [1.165, 1.54) is 11.1 Å². The molecular weight excluding hydrogens is 176 g/mol. The van der Waals surface area contributed by atoms with Gasteiger partial charge in [0.15, 0.2) is 0 Å². The highest BCUT2D eigenvalue weighted by Gasteiger charge is 1.94. The average molecular weight is 192 g/mol. The van der Waals surface area contributed by atoms with Gasteiger partial charge in [-0.15, -0.1) is 0 Å². The molecule has 0 spiro atoms. The van der Waals surface area contributed by atoms with Crippen molar-refractivity contribution in [2.24, 2.45) is 0 Å². The molecule has 1 aromatic rings. The highest BCUT2D eigenvalue weighted by Crippen LogP contribution is 2.07. The molecule has 1 aromatic carbocycles. The smallest absolute Gasteiger partial charge is 0.120 e. The van der Waals surface area contributed by atoms with E-state index in [4.69, 9.17) is 5.11 Å². The highest BCUT2D eigenvalue weighted by molar-refractivity contribution is 5.50. The summed E-state index contributed by atoms with van der Waals surface area (Å²) < 4.78 is 0. The fourth-order valence-corrected chi connectivity index (χ4v) is 1.38. The summed E-state index contributed by atoms with van der Waals surface area (Å²) in [5, 5.41) is 8.66. The third kappa shape index (κ3) is 3.71. The normalized spacial score (nSPS) is 10.1. The van der Waals surface area contributed by atoms with Gasteiger partial charge in [-0.05, 0) is 30.4 Å². The molecule has 0 aliphatic heterocycles. The number of hydrogen-bond acceptors (Lipinski definition) is 2. The fourth-order valence-electron chi connectivity index (χ4n) is 1.38. The summed E-state index contributed by atoms with van der Waals surface area (Å²) in [7, 11) is 0. The van der Waals surface area contributed by atoms with E-state index in [0.29, 0.717) is 6.42 Å². The Balaban J connectivity index is 2.46. The number of benzene rings is 1. The van der Waals surface area contributed by atoms with Crippen LogP contribution in [0.2, 0.25) is 0 Å². The largest absolute Gasteiger partial charge is 0.396 e. The molecule has 0 amide bonds. The van der Waals surface area contributed by atoms with E-state index in [-0.39, 0.29) is 6.61 Å². The van der Waals surface area contributed by atoms with Gasteiger partial charge in [-0.2, -0.15) is 0 Å². The predicted molar refractivity (Wildman–Crippen MR) is 56.2 cm³/mol. The Morgan fingerprint density at radius 1 is 1.07 bits per heavy atom. The van der Waals surface area contributed by atoms with Crippen LogP contribution in [-0.2, 0) is 17.6 Å². The molecule has 1 rings (SSSR count). The van der Waals surface area contributed by atoms with Gasteiger partial charge in [0.25, 0.3) is 0 Å². The molecule has 0 atom stereocenters.